The standard InChI is InChI=1S/C52H38N2/c1-3-13-37(14-4-1)38-23-29-44(30-24-38)53(50-21-11-9-19-47(50)41-15-5-2-6-16-41)45-31-25-39(26-32-45)40-27-33-46(34-28-40)54-51-22-12-10-20-48(51)49-35-42-17-7-8-18-43(42)36-52(49)54/h1-25,27-31,33-36H,26,32H2. The minimum Gasteiger partial charge on any atom is -0.314 e. The van der Waals surface area contributed by atoms with Crippen LogP contribution in [0.2, 0.25) is 0 Å². The fourth-order valence-electron chi connectivity index (χ4n) is 8.23. The minimum absolute atomic E-state index is 0.928. The summed E-state index contributed by atoms with van der Waals surface area (Å²) in [4.78, 5) is 2.46. The zero-order valence-electron chi connectivity index (χ0n) is 29.9. The smallest absolute Gasteiger partial charge is 0.0547 e. The summed E-state index contributed by atoms with van der Waals surface area (Å²) >= 11 is 0. The second kappa shape index (κ2) is 13.6. The zero-order valence-corrected chi connectivity index (χ0v) is 29.9. The van der Waals surface area contributed by atoms with Crippen LogP contribution in [-0.4, -0.2) is 4.57 Å². The lowest BCUT2D eigenvalue weighted by Gasteiger charge is -2.32. The van der Waals surface area contributed by atoms with Crippen molar-refractivity contribution >= 4 is 49.5 Å². The van der Waals surface area contributed by atoms with E-state index in [0.717, 1.165) is 18.5 Å². The van der Waals surface area contributed by atoms with Crippen LogP contribution in [0.25, 0.3) is 66.1 Å². The Morgan fingerprint density at radius 2 is 1.02 bits per heavy atom. The molecule has 54 heavy (non-hydrogen) atoms. The Bertz CT molecular complexity index is 2840. The second-order valence-corrected chi connectivity index (χ2v) is 14.1. The lowest BCUT2D eigenvalue weighted by molar-refractivity contribution is 0.930. The molecule has 1 aliphatic rings. The molecule has 8 aromatic carbocycles. The van der Waals surface area contributed by atoms with Crippen molar-refractivity contribution in [1.29, 1.82) is 0 Å². The molecule has 0 aliphatic heterocycles. The van der Waals surface area contributed by atoms with E-state index in [1.165, 1.54) is 83.0 Å². The first-order chi connectivity index (χ1) is 26.8. The van der Waals surface area contributed by atoms with Crippen molar-refractivity contribution in [3.05, 3.63) is 218 Å². The second-order valence-electron chi connectivity index (χ2n) is 14.1. The summed E-state index contributed by atoms with van der Waals surface area (Å²) in [6.45, 7) is 0. The molecule has 256 valence electrons. The summed E-state index contributed by atoms with van der Waals surface area (Å²) in [5.41, 5.74) is 14.8. The summed E-state index contributed by atoms with van der Waals surface area (Å²) in [6, 6.07) is 70.4. The number of nitrogens with zero attached hydrogens (tertiary/aromatic N) is 2. The third-order valence-corrected chi connectivity index (χ3v) is 10.9. The van der Waals surface area contributed by atoms with Gasteiger partial charge in [0.15, 0.2) is 0 Å². The van der Waals surface area contributed by atoms with E-state index in [2.05, 4.69) is 216 Å². The maximum Gasteiger partial charge on any atom is 0.0547 e. The number of benzene rings is 8. The number of fused-ring (bicyclic) bond motifs is 4. The van der Waals surface area contributed by atoms with Gasteiger partial charge in [-0.3, -0.25) is 0 Å². The van der Waals surface area contributed by atoms with E-state index >= 15 is 0 Å². The molecule has 1 heterocycles. The number of para-hydroxylation sites is 2. The molecule has 0 atom stereocenters. The summed E-state index contributed by atoms with van der Waals surface area (Å²) in [6.07, 6.45) is 6.55. The molecule has 0 N–H and O–H groups in total. The highest BCUT2D eigenvalue weighted by Crippen LogP contribution is 2.42. The molecular weight excluding hydrogens is 653 g/mol. The maximum absolute atomic E-state index is 2.46. The number of hydrogen-bond donors (Lipinski definition) is 0. The van der Waals surface area contributed by atoms with E-state index in [9.17, 15) is 0 Å². The number of rotatable bonds is 7. The number of aromatic nitrogens is 1. The summed E-state index contributed by atoms with van der Waals surface area (Å²) in [5, 5.41) is 5.09. The third kappa shape index (κ3) is 5.70. The van der Waals surface area contributed by atoms with Gasteiger partial charge in [-0.1, -0.05) is 152 Å². The highest BCUT2D eigenvalue weighted by molar-refractivity contribution is 6.13. The Hall–Kier alpha value is -6.90. The van der Waals surface area contributed by atoms with Gasteiger partial charge in [0, 0.05) is 33.4 Å². The molecule has 0 radical (unpaired) electrons. The average Bonchev–Trinajstić information content (AvgIpc) is 3.57. The molecule has 0 amide bonds. The van der Waals surface area contributed by atoms with Crippen LogP contribution in [0.3, 0.4) is 0 Å². The van der Waals surface area contributed by atoms with Crippen molar-refractivity contribution in [1.82, 2.24) is 4.57 Å². The molecule has 1 aliphatic carbocycles. The Labute approximate surface area is 316 Å². The molecule has 0 bridgehead atoms. The molecule has 2 heteroatoms. The van der Waals surface area contributed by atoms with Crippen LogP contribution in [0.15, 0.2) is 212 Å². The minimum atomic E-state index is 0.928. The Balaban J connectivity index is 1.02. The highest BCUT2D eigenvalue weighted by atomic mass is 15.2. The molecule has 0 saturated carbocycles. The van der Waals surface area contributed by atoms with E-state index in [1.54, 1.807) is 0 Å². The first-order valence-corrected chi connectivity index (χ1v) is 18.8. The highest BCUT2D eigenvalue weighted by Gasteiger charge is 2.21. The van der Waals surface area contributed by atoms with Gasteiger partial charge in [0.1, 0.15) is 0 Å². The van der Waals surface area contributed by atoms with Gasteiger partial charge in [-0.05, 0) is 106 Å². The maximum atomic E-state index is 2.46. The number of anilines is 2. The van der Waals surface area contributed by atoms with E-state index in [1.807, 2.05) is 0 Å². The number of allylic oxidation sites excluding steroid dienone is 4. The molecule has 1 aromatic heterocycles. The topological polar surface area (TPSA) is 8.17 Å². The molecule has 9 aromatic rings. The van der Waals surface area contributed by atoms with E-state index in [-0.39, 0.29) is 0 Å². The van der Waals surface area contributed by atoms with Gasteiger partial charge in [-0.25, -0.2) is 0 Å². The van der Waals surface area contributed by atoms with Crippen LogP contribution in [0.5, 0.6) is 0 Å². The molecular formula is C52H38N2. The van der Waals surface area contributed by atoms with Crippen LogP contribution < -0.4 is 4.90 Å². The zero-order chi connectivity index (χ0) is 35.8. The van der Waals surface area contributed by atoms with Gasteiger partial charge in [0.25, 0.3) is 0 Å². The summed E-state index contributed by atoms with van der Waals surface area (Å²) < 4.78 is 2.42. The van der Waals surface area contributed by atoms with E-state index in [4.69, 9.17) is 0 Å². The summed E-state index contributed by atoms with van der Waals surface area (Å²) in [5.74, 6) is 0. The van der Waals surface area contributed by atoms with Crippen molar-refractivity contribution in [2.24, 2.45) is 0 Å². The predicted octanol–water partition coefficient (Wildman–Crippen LogP) is 14.2. The lowest BCUT2D eigenvalue weighted by atomic mass is 9.94. The van der Waals surface area contributed by atoms with E-state index < -0.39 is 0 Å². The van der Waals surface area contributed by atoms with Gasteiger partial charge in [-0.2, -0.15) is 0 Å². The molecule has 0 fully saturated rings. The van der Waals surface area contributed by atoms with Gasteiger partial charge in [0.05, 0.1) is 16.7 Å². The van der Waals surface area contributed by atoms with Gasteiger partial charge in [0.2, 0.25) is 0 Å². The molecule has 10 rings (SSSR count). The fraction of sp³-hybridized carbons (Fsp3) is 0.0385. The van der Waals surface area contributed by atoms with Gasteiger partial charge < -0.3 is 9.47 Å². The van der Waals surface area contributed by atoms with E-state index in [0.29, 0.717) is 0 Å². The molecule has 0 unspecified atom stereocenters. The Kier molecular flexibility index (Phi) is 8.00. The molecule has 2 nitrogen and oxygen atoms in total. The van der Waals surface area contributed by atoms with Crippen molar-refractivity contribution in [2.45, 2.75) is 12.8 Å². The quantitative estimate of drug-likeness (QED) is 0.162. The largest absolute Gasteiger partial charge is 0.314 e. The van der Waals surface area contributed by atoms with Gasteiger partial charge >= 0.3 is 0 Å². The van der Waals surface area contributed by atoms with Crippen molar-refractivity contribution in [3.8, 4) is 27.9 Å². The average molecular weight is 691 g/mol. The van der Waals surface area contributed by atoms with Crippen LogP contribution >= 0.6 is 0 Å². The predicted molar refractivity (Wildman–Crippen MR) is 229 cm³/mol. The van der Waals surface area contributed by atoms with Crippen LogP contribution in [0, 0.1) is 0 Å². The SMILES string of the molecule is C1=C(c2ccc(-n3c4ccccc4c4cc5ccccc5cc43)cc2)CCC(N(c2ccc(-c3ccccc3)cc2)c2ccccc2-c2ccccc2)=C1. The first kappa shape index (κ1) is 31.8. The Morgan fingerprint density at radius 1 is 0.407 bits per heavy atom. The van der Waals surface area contributed by atoms with Crippen LogP contribution in [0.1, 0.15) is 18.4 Å². The monoisotopic (exact) mass is 690 g/mol. The Morgan fingerprint density at radius 3 is 1.76 bits per heavy atom. The van der Waals surface area contributed by atoms with Crippen LogP contribution in [0.4, 0.5) is 11.4 Å². The normalized spacial score (nSPS) is 12.9. The van der Waals surface area contributed by atoms with Crippen LogP contribution in [-0.2, 0) is 0 Å². The van der Waals surface area contributed by atoms with Crippen molar-refractivity contribution < 1.29 is 0 Å². The number of hydrogen-bond acceptors (Lipinski definition) is 1. The molecule has 0 spiro atoms. The first-order valence-electron chi connectivity index (χ1n) is 18.8. The molecule has 0 saturated heterocycles. The third-order valence-electron chi connectivity index (χ3n) is 10.9. The summed E-state index contributed by atoms with van der Waals surface area (Å²) in [7, 11) is 0. The van der Waals surface area contributed by atoms with Gasteiger partial charge in [-0.15, -0.1) is 0 Å². The fourth-order valence-corrected chi connectivity index (χ4v) is 8.23. The lowest BCUT2D eigenvalue weighted by Crippen LogP contribution is -2.18. The van der Waals surface area contributed by atoms with Crippen molar-refractivity contribution in [3.63, 3.8) is 0 Å². The van der Waals surface area contributed by atoms with Crippen molar-refractivity contribution in [2.75, 3.05) is 4.90 Å².